The number of nitriles is 1. The molecule has 0 aliphatic carbocycles. The van der Waals surface area contributed by atoms with E-state index < -0.39 is 21.2 Å². The zero-order valence-electron chi connectivity index (χ0n) is 10.7. The third kappa shape index (κ3) is 3.11. The van der Waals surface area contributed by atoms with Crippen molar-refractivity contribution in [1.29, 1.82) is 5.26 Å². The Labute approximate surface area is 128 Å². The fourth-order valence-corrected chi connectivity index (χ4v) is 1.82. The molecule has 2 aromatic rings. The highest BCUT2D eigenvalue weighted by molar-refractivity contribution is 6.30. The van der Waals surface area contributed by atoms with Crippen LogP contribution in [0.3, 0.4) is 0 Å². The van der Waals surface area contributed by atoms with Crippen molar-refractivity contribution in [2.75, 3.05) is 0 Å². The second kappa shape index (κ2) is 6.07. The summed E-state index contributed by atoms with van der Waals surface area (Å²) in [5.41, 5.74) is -0.732. The zero-order valence-corrected chi connectivity index (χ0v) is 11.5. The minimum absolute atomic E-state index is 0.122. The Morgan fingerprint density at radius 1 is 1.00 bits per heavy atom. The summed E-state index contributed by atoms with van der Waals surface area (Å²) in [6, 6.07) is 8.93. The summed E-state index contributed by atoms with van der Waals surface area (Å²) in [5.74, 6) is -0.484. The van der Waals surface area contributed by atoms with Gasteiger partial charge in [0.25, 0.3) is 0 Å². The molecule has 2 rings (SSSR count). The highest BCUT2D eigenvalue weighted by atomic mass is 35.5. The van der Waals surface area contributed by atoms with Crippen molar-refractivity contribution < 1.29 is 14.6 Å². The fourth-order valence-electron chi connectivity index (χ4n) is 1.65. The van der Waals surface area contributed by atoms with E-state index >= 15 is 0 Å². The maximum Gasteiger partial charge on any atom is 0.313 e. The molecule has 0 bridgehead atoms. The van der Waals surface area contributed by atoms with E-state index in [2.05, 4.69) is 0 Å². The first-order valence-corrected chi connectivity index (χ1v) is 6.10. The molecule has 0 atom stereocenters. The average molecular weight is 320 g/mol. The summed E-state index contributed by atoms with van der Waals surface area (Å²) in [6.07, 6.45) is 0. The predicted molar refractivity (Wildman–Crippen MR) is 76.0 cm³/mol. The van der Waals surface area contributed by atoms with Gasteiger partial charge in [-0.05, 0) is 18.2 Å². The lowest BCUT2D eigenvalue weighted by atomic mass is 10.2. The quantitative estimate of drug-likeness (QED) is 0.624. The zero-order chi connectivity index (χ0) is 16.3. The first kappa shape index (κ1) is 15.2. The second-order valence-electron chi connectivity index (χ2n) is 4.02. The Kier molecular flexibility index (Phi) is 4.20. The number of ether oxygens (including phenoxy) is 1. The second-order valence-corrected chi connectivity index (χ2v) is 4.46. The molecule has 0 fully saturated rings. The standard InChI is InChI=1S/C13H6ClN3O5/c14-9-2-4-12(11(6-9)17(20)21)22-13-5-8(7-15)1-3-10(13)16(18)19/h1-6H. The van der Waals surface area contributed by atoms with E-state index in [0.717, 1.165) is 18.2 Å². The molecule has 0 saturated carbocycles. The van der Waals surface area contributed by atoms with Gasteiger partial charge in [-0.3, -0.25) is 20.2 Å². The number of hydrogen-bond donors (Lipinski definition) is 0. The molecule has 0 unspecified atom stereocenters. The Morgan fingerprint density at radius 3 is 2.27 bits per heavy atom. The van der Waals surface area contributed by atoms with Crippen LogP contribution >= 0.6 is 11.6 Å². The van der Waals surface area contributed by atoms with Crippen LogP contribution in [-0.4, -0.2) is 9.85 Å². The minimum atomic E-state index is -0.721. The molecule has 0 amide bonds. The summed E-state index contributed by atoms with van der Waals surface area (Å²) in [5, 5.41) is 30.9. The summed E-state index contributed by atoms with van der Waals surface area (Å²) in [7, 11) is 0. The van der Waals surface area contributed by atoms with Gasteiger partial charge in [-0.15, -0.1) is 0 Å². The van der Waals surface area contributed by atoms with Crippen molar-refractivity contribution in [2.45, 2.75) is 0 Å². The summed E-state index contributed by atoms with van der Waals surface area (Å²) < 4.78 is 5.27. The molecule has 0 spiro atoms. The van der Waals surface area contributed by atoms with E-state index in [-0.39, 0.29) is 22.1 Å². The highest BCUT2D eigenvalue weighted by Gasteiger charge is 2.21. The van der Waals surface area contributed by atoms with E-state index in [1.54, 1.807) is 0 Å². The Hall–Kier alpha value is -3.18. The molecule has 0 aliphatic rings. The van der Waals surface area contributed by atoms with Crippen LogP contribution in [0.15, 0.2) is 36.4 Å². The van der Waals surface area contributed by atoms with Gasteiger partial charge in [0, 0.05) is 23.2 Å². The van der Waals surface area contributed by atoms with Gasteiger partial charge < -0.3 is 4.74 Å². The molecular formula is C13H6ClN3O5. The molecule has 0 heterocycles. The predicted octanol–water partition coefficient (Wildman–Crippen LogP) is 3.82. The minimum Gasteiger partial charge on any atom is -0.443 e. The van der Waals surface area contributed by atoms with Crippen LogP contribution in [0.25, 0.3) is 0 Å². The van der Waals surface area contributed by atoms with Crippen molar-refractivity contribution in [3.05, 3.63) is 67.2 Å². The lowest BCUT2D eigenvalue weighted by molar-refractivity contribution is -0.387. The van der Waals surface area contributed by atoms with Gasteiger partial charge in [0.05, 0.1) is 21.5 Å². The Balaban J connectivity index is 2.53. The molecule has 0 aromatic heterocycles. The third-order valence-corrected chi connectivity index (χ3v) is 2.86. The number of halogens is 1. The molecule has 2 aromatic carbocycles. The molecule has 8 nitrogen and oxygen atoms in total. The first-order valence-electron chi connectivity index (χ1n) is 5.72. The van der Waals surface area contributed by atoms with Crippen LogP contribution in [-0.2, 0) is 0 Å². The van der Waals surface area contributed by atoms with Crippen LogP contribution in [0.4, 0.5) is 11.4 Å². The van der Waals surface area contributed by atoms with E-state index in [9.17, 15) is 20.2 Å². The van der Waals surface area contributed by atoms with Crippen LogP contribution in [0, 0.1) is 31.6 Å². The first-order chi connectivity index (χ1) is 10.4. The van der Waals surface area contributed by atoms with Crippen LogP contribution in [0.5, 0.6) is 11.5 Å². The monoisotopic (exact) mass is 319 g/mol. The molecule has 0 radical (unpaired) electrons. The van der Waals surface area contributed by atoms with E-state index in [1.165, 1.54) is 18.2 Å². The molecule has 22 heavy (non-hydrogen) atoms. The molecular weight excluding hydrogens is 314 g/mol. The Bertz CT molecular complexity index is 816. The topological polar surface area (TPSA) is 119 Å². The fraction of sp³-hybridized carbons (Fsp3) is 0. The van der Waals surface area contributed by atoms with Crippen molar-refractivity contribution in [1.82, 2.24) is 0 Å². The third-order valence-electron chi connectivity index (χ3n) is 2.62. The van der Waals surface area contributed by atoms with Crippen molar-refractivity contribution in [3.8, 4) is 17.6 Å². The average Bonchev–Trinajstić information content (AvgIpc) is 2.48. The summed E-state index contributed by atoms with van der Waals surface area (Å²) >= 11 is 5.68. The lowest BCUT2D eigenvalue weighted by Gasteiger charge is -2.07. The van der Waals surface area contributed by atoms with E-state index in [0.29, 0.717) is 0 Å². The van der Waals surface area contributed by atoms with Gasteiger partial charge in [-0.2, -0.15) is 5.26 Å². The van der Waals surface area contributed by atoms with Crippen molar-refractivity contribution >= 4 is 23.0 Å². The van der Waals surface area contributed by atoms with E-state index in [4.69, 9.17) is 21.6 Å². The molecule has 0 saturated heterocycles. The van der Waals surface area contributed by atoms with Crippen molar-refractivity contribution in [3.63, 3.8) is 0 Å². The van der Waals surface area contributed by atoms with Gasteiger partial charge in [0.15, 0.2) is 0 Å². The lowest BCUT2D eigenvalue weighted by Crippen LogP contribution is -1.97. The van der Waals surface area contributed by atoms with Gasteiger partial charge in [0.2, 0.25) is 11.5 Å². The van der Waals surface area contributed by atoms with Gasteiger partial charge >= 0.3 is 11.4 Å². The smallest absolute Gasteiger partial charge is 0.313 e. The summed E-state index contributed by atoms with van der Waals surface area (Å²) in [6.45, 7) is 0. The number of hydrogen-bond acceptors (Lipinski definition) is 6. The number of nitrogens with zero attached hydrogens (tertiary/aromatic N) is 3. The largest absolute Gasteiger partial charge is 0.443 e. The number of rotatable bonds is 4. The van der Waals surface area contributed by atoms with E-state index in [1.807, 2.05) is 6.07 Å². The van der Waals surface area contributed by atoms with Gasteiger partial charge in [0.1, 0.15) is 0 Å². The summed E-state index contributed by atoms with van der Waals surface area (Å²) in [4.78, 5) is 20.5. The van der Waals surface area contributed by atoms with Crippen LogP contribution < -0.4 is 4.74 Å². The normalized spacial score (nSPS) is 9.82. The molecule has 9 heteroatoms. The number of benzene rings is 2. The number of nitro groups is 2. The number of nitro benzene ring substituents is 2. The maximum atomic E-state index is 11.0. The van der Waals surface area contributed by atoms with Crippen molar-refractivity contribution in [2.24, 2.45) is 0 Å². The maximum absolute atomic E-state index is 11.0. The molecule has 0 aliphatic heterocycles. The molecule has 110 valence electrons. The van der Waals surface area contributed by atoms with Crippen LogP contribution in [0.2, 0.25) is 5.02 Å². The van der Waals surface area contributed by atoms with Gasteiger partial charge in [-0.1, -0.05) is 11.6 Å². The molecule has 0 N–H and O–H groups in total. The SMILES string of the molecule is N#Cc1ccc([N+](=O)[O-])c(Oc2ccc(Cl)cc2[N+](=O)[O-])c1. The van der Waals surface area contributed by atoms with Gasteiger partial charge in [-0.25, -0.2) is 0 Å². The Morgan fingerprint density at radius 2 is 1.68 bits per heavy atom. The highest BCUT2D eigenvalue weighted by Crippen LogP contribution is 2.37. The van der Waals surface area contributed by atoms with Crippen LogP contribution in [0.1, 0.15) is 5.56 Å².